The molecule has 0 bridgehead atoms. The van der Waals surface area contributed by atoms with E-state index in [2.05, 4.69) is 63.0 Å². The summed E-state index contributed by atoms with van der Waals surface area (Å²) in [6.07, 6.45) is -2.22. The summed E-state index contributed by atoms with van der Waals surface area (Å²) in [6.45, 7) is 18.7. The van der Waals surface area contributed by atoms with Crippen LogP contribution in [0.4, 0.5) is 11.6 Å². The Hall–Kier alpha value is -6.97. The molecular formula is C71H120N14O36P4. The number of hydrogen-bond acceptors (Lipinski definition) is 40. The molecule has 6 saturated heterocycles. The van der Waals surface area contributed by atoms with E-state index in [4.69, 9.17) is 97.2 Å². The maximum Gasteiger partial charge on any atom is 0.483 e. The SMILES string of the molecule is C1CCC(N=C(NC2CCCCC2)N2CCOCC2)CC1.CC(=O)OC[C@@H](OC(C)=O)C1O[C@@H](OP(=O)(O)O)C(OC(C)=O)[C@@H](C)[C@@H]1C.CC(=O)OC[C@@H](OC(C)=O)C1O[C@@H](OP(=O)(O)OP(=O)(O)OC[C@H]2O[C@@H](n3cnc4c(N)ncnc43)[C@@H](O)C2O)C(OC(C)=O)[C@@H](C)[C@@H]1C.Nc1ncnc2c1ncn2[C@@H]1O[C@H](CO)C(O)[C@@H]1O.O.O.PN1CCOCC1. The van der Waals surface area contributed by atoms with Crippen molar-refractivity contribution in [1.29, 1.82) is 0 Å². The van der Waals surface area contributed by atoms with Crippen LogP contribution in [0, 0.1) is 23.7 Å². The third-order valence-electron chi connectivity index (χ3n) is 21.2. The summed E-state index contributed by atoms with van der Waals surface area (Å²) in [5.74, 6) is -5.08. The fourth-order valence-electron chi connectivity index (χ4n) is 14.7. The van der Waals surface area contributed by atoms with Crippen LogP contribution < -0.4 is 16.8 Å². The van der Waals surface area contributed by atoms with E-state index in [1.807, 2.05) is 0 Å². The Kier molecular flexibility index (Phi) is 42.5. The Bertz CT molecular complexity index is 4270. The number of carbonyl (C=O) groups is 6. The molecule has 10 heterocycles. The van der Waals surface area contributed by atoms with E-state index < -0.39 is 201 Å². The van der Waals surface area contributed by atoms with Crippen LogP contribution in [0.1, 0.15) is 146 Å². The second-order valence-electron chi connectivity index (χ2n) is 30.4. The van der Waals surface area contributed by atoms with Gasteiger partial charge in [0.15, 0.2) is 65.8 Å². The minimum absolute atomic E-state index is 0. The zero-order valence-corrected chi connectivity index (χ0v) is 74.6. The van der Waals surface area contributed by atoms with E-state index in [0.29, 0.717) is 23.2 Å². The number of rotatable bonds is 24. The molecule has 0 aromatic carbocycles. The minimum Gasteiger partial charge on any atom is -0.462 e. The molecule has 4 aromatic rings. The summed E-state index contributed by atoms with van der Waals surface area (Å²) < 4.78 is 125. The normalized spacial score (nSPS) is 29.5. The van der Waals surface area contributed by atoms with Crippen LogP contribution in [0.2, 0.25) is 0 Å². The van der Waals surface area contributed by atoms with Crippen molar-refractivity contribution in [2.75, 3.05) is 90.5 Å². The Labute approximate surface area is 721 Å². The zero-order chi connectivity index (χ0) is 90.4. The third-order valence-corrected chi connectivity index (χ3v) is 24.8. The van der Waals surface area contributed by atoms with Gasteiger partial charge in [0, 0.05) is 85.6 Å². The first kappa shape index (κ1) is 107. The van der Waals surface area contributed by atoms with Crippen molar-refractivity contribution >= 4 is 109 Å². The van der Waals surface area contributed by atoms with Crippen LogP contribution >= 0.6 is 32.9 Å². The second kappa shape index (κ2) is 49.7. The second-order valence-corrected chi connectivity index (χ2v) is 35.3. The van der Waals surface area contributed by atoms with Gasteiger partial charge in [0.05, 0.1) is 58.3 Å². The number of guanidine groups is 1. The van der Waals surface area contributed by atoms with Gasteiger partial charge in [-0.05, 0) is 37.5 Å². The fourth-order valence-corrected chi connectivity index (χ4v) is 17.5. The molecule has 4 aromatic heterocycles. The quantitative estimate of drug-likeness (QED) is 0.0140. The van der Waals surface area contributed by atoms with E-state index in [-0.39, 0.29) is 40.4 Å². The van der Waals surface area contributed by atoms with Crippen LogP contribution in [0.3, 0.4) is 0 Å². The number of nitrogens with zero attached hydrogens (tertiary/aromatic N) is 11. The molecule has 0 amide bonds. The first-order valence-electron chi connectivity index (χ1n) is 40.0. The third kappa shape index (κ3) is 31.7. The average molecular weight is 1870 g/mol. The molecule has 6 aliphatic heterocycles. The van der Waals surface area contributed by atoms with Gasteiger partial charge in [-0.25, -0.2) is 48.6 Å². The van der Waals surface area contributed by atoms with Gasteiger partial charge < -0.3 is 135 Å². The molecule has 0 radical (unpaired) electrons. The number of anilines is 2. The smallest absolute Gasteiger partial charge is 0.462 e. The number of fused-ring (bicyclic) bond motifs is 2. The number of phosphoric ester groups is 3. The van der Waals surface area contributed by atoms with Crippen LogP contribution in [0.25, 0.3) is 22.3 Å². The molecule has 0 spiro atoms. The van der Waals surface area contributed by atoms with Gasteiger partial charge in [0.2, 0.25) is 12.6 Å². The number of nitrogens with one attached hydrogen (secondary N) is 1. The number of phosphoric acid groups is 3. The Balaban J connectivity index is 0.000000267. The summed E-state index contributed by atoms with van der Waals surface area (Å²) >= 11 is 0. The first-order chi connectivity index (χ1) is 58.1. The monoisotopic (exact) mass is 1870 g/mol. The molecule has 12 rings (SSSR count). The number of ether oxygens (including phenoxy) is 12. The predicted octanol–water partition coefficient (Wildman–Crippen LogP) is -0.370. The molecule has 8 aliphatic rings. The van der Waals surface area contributed by atoms with E-state index in [1.54, 1.807) is 27.7 Å². The van der Waals surface area contributed by atoms with Gasteiger partial charge in [0.1, 0.15) is 85.7 Å². The Morgan fingerprint density at radius 2 is 0.976 bits per heavy atom. The highest BCUT2D eigenvalue weighted by molar-refractivity contribution is 7.61. The van der Waals surface area contributed by atoms with Crippen molar-refractivity contribution < 1.29 is 173 Å². The number of esters is 6. The number of aromatic nitrogens is 8. The highest BCUT2D eigenvalue weighted by atomic mass is 31.3. The van der Waals surface area contributed by atoms with Gasteiger partial charge in [-0.15, -0.1) is 0 Å². The molecule has 50 nitrogen and oxygen atoms in total. The summed E-state index contributed by atoms with van der Waals surface area (Å²) in [7, 11) is -13.5. The van der Waals surface area contributed by atoms with Crippen LogP contribution in [-0.2, 0) is 117 Å². The Morgan fingerprint density at radius 3 is 1.38 bits per heavy atom. The van der Waals surface area contributed by atoms with Crippen molar-refractivity contribution in [3.8, 4) is 0 Å². The summed E-state index contributed by atoms with van der Waals surface area (Å²) in [5.41, 5.74) is 12.5. The molecule has 18 N–H and O–H groups in total. The lowest BCUT2D eigenvalue weighted by molar-refractivity contribution is -0.271. The van der Waals surface area contributed by atoms with Crippen molar-refractivity contribution in [1.82, 2.24) is 53.9 Å². The molecule has 125 heavy (non-hydrogen) atoms. The largest absolute Gasteiger partial charge is 0.483 e. The van der Waals surface area contributed by atoms with Crippen LogP contribution in [0.15, 0.2) is 30.3 Å². The van der Waals surface area contributed by atoms with Crippen LogP contribution in [-0.4, -0.2) is 323 Å². The van der Waals surface area contributed by atoms with Crippen molar-refractivity contribution in [2.24, 2.45) is 28.7 Å². The molecule has 54 heteroatoms. The highest BCUT2D eigenvalue weighted by Gasteiger charge is 2.54. The molecular weight excluding hydrogens is 1750 g/mol. The summed E-state index contributed by atoms with van der Waals surface area (Å²) in [5, 5.41) is 53.7. The number of imidazole rings is 2. The van der Waals surface area contributed by atoms with Crippen LogP contribution in [0.5, 0.6) is 0 Å². The number of nitrogen functional groups attached to an aromatic ring is 2. The first-order valence-corrected chi connectivity index (χ1v) is 45.0. The van der Waals surface area contributed by atoms with Gasteiger partial charge in [-0.3, -0.25) is 56.1 Å². The molecule has 2 aliphatic carbocycles. The van der Waals surface area contributed by atoms with Gasteiger partial charge in [0.25, 0.3) is 0 Å². The topological polar surface area (TPSA) is 716 Å². The van der Waals surface area contributed by atoms with Crippen molar-refractivity contribution in [3.05, 3.63) is 25.3 Å². The fraction of sp³-hybridized carbons (Fsp3) is 0.761. The Morgan fingerprint density at radius 1 is 0.552 bits per heavy atom. The highest BCUT2D eigenvalue weighted by Crippen LogP contribution is 2.62. The van der Waals surface area contributed by atoms with E-state index in [1.165, 1.54) is 105 Å². The molecule has 710 valence electrons. The van der Waals surface area contributed by atoms with E-state index >= 15 is 0 Å². The predicted molar refractivity (Wildman–Crippen MR) is 435 cm³/mol. The van der Waals surface area contributed by atoms with Gasteiger partial charge in [-0.2, -0.15) is 4.31 Å². The number of hydrogen-bond donors (Lipinski definition) is 12. The number of aliphatic imine (C=N–C) groups is 1. The standard InChI is InChI=1S/C25H37N5O17P2.C17H31N3O.C15H25O11P.C10H13N5O4.C4H10NOP.2H2O/c1-10-11(2)21(43-14(5)33)25(45-20(10)16(42-13(4)32)6-40-12(3)31)46-49(38,39)47-48(36,37)41-7-15-18(34)19(35)24(44-15)30-9-29-17-22(26)27-8-28-23(17)30;1-3-7-15(8-4-1)18-17(20-11-13-21-14-12-20)19-16-9-5-2-6-10-16;1-7-8(2)14(24-11(5)18)15(26-27(19,20)21)25-13(7)12(23-10(4)17)6-22-9(3)16;11-8-5-9(13-2-12-8)15(3-14-5)10-7(18)6(17)4(1-16)19-10;7-5-1-3-6-4-2-5;;/h8-11,15-16,18-21,24-25,34-35H,6-7H2,1-5H3,(H,36,37)(H,38,39)(H2,26,27,28);15-16H,1-14H2,(H,18,19);7-8,12-15H,6H2,1-5H3,(H2,19,20,21);2-4,6-7,10,16-18H,1H2,(H2,11,12,13);1-4,7H2;2*1H2/t10-,11-,15+,16+,18?,19-,20?,21?,24+,25-;;7-,8-,12+,13?,14?,15-;4-,6?,7+,10-;;;/m0.01.../s1. The van der Waals surface area contributed by atoms with Crippen molar-refractivity contribution in [2.45, 2.75) is 244 Å². The van der Waals surface area contributed by atoms with Crippen molar-refractivity contribution in [3.63, 3.8) is 0 Å². The zero-order valence-electron chi connectivity index (χ0n) is 70.8. The van der Waals surface area contributed by atoms with E-state index in [9.17, 15) is 72.7 Å². The molecule has 8 fully saturated rings. The number of aliphatic hydroxyl groups excluding tert-OH is 5. The summed E-state index contributed by atoms with van der Waals surface area (Å²) in [4.78, 5) is 139. The number of morpholine rings is 2. The lowest BCUT2D eigenvalue weighted by Gasteiger charge is -2.45. The van der Waals surface area contributed by atoms with E-state index in [0.717, 1.165) is 93.6 Å². The molecule has 23 atom stereocenters. The maximum atomic E-state index is 13.0. The summed E-state index contributed by atoms with van der Waals surface area (Å²) in [6, 6.07) is 1.19. The lowest BCUT2D eigenvalue weighted by Crippen LogP contribution is -2.56. The molecule has 9 unspecified atom stereocenters. The minimum atomic E-state index is -5.64. The van der Waals surface area contributed by atoms with Gasteiger partial charge >= 0.3 is 59.3 Å². The van der Waals surface area contributed by atoms with Gasteiger partial charge in [-0.1, -0.05) is 75.6 Å². The number of aliphatic hydroxyl groups is 5. The maximum absolute atomic E-state index is 13.0. The molecule has 2 saturated carbocycles. The number of nitrogens with two attached hydrogens (primary N) is 2. The average Bonchev–Trinajstić information content (AvgIpc) is 1.41. The number of carbonyl (C=O) groups excluding carboxylic acids is 6. The lowest BCUT2D eigenvalue weighted by atomic mass is 9.81.